The number of allylic oxidation sites excluding steroid dienone is 5. The zero-order valence-electron chi connectivity index (χ0n) is 10.5. The molecule has 1 aromatic carbocycles. The van der Waals surface area contributed by atoms with E-state index in [9.17, 15) is 0 Å². The Kier molecular flexibility index (Phi) is 2.57. The van der Waals surface area contributed by atoms with Gasteiger partial charge in [-0.1, -0.05) is 36.6 Å². The maximum absolute atomic E-state index is 4.12. The lowest BCUT2D eigenvalue weighted by molar-refractivity contribution is 0.885. The molecule has 0 radical (unpaired) electrons. The molecule has 0 bridgehead atoms. The Labute approximate surface area is 108 Å². The van der Waals surface area contributed by atoms with E-state index in [1.807, 2.05) is 13.0 Å². The lowest BCUT2D eigenvalue weighted by Gasteiger charge is -2.29. The molecule has 0 saturated heterocycles. The Bertz CT molecular complexity index is 635. The van der Waals surface area contributed by atoms with Crippen LogP contribution in [0, 0.1) is 11.8 Å². The van der Waals surface area contributed by atoms with Crippen LogP contribution in [0.3, 0.4) is 0 Å². The van der Waals surface area contributed by atoms with E-state index in [-0.39, 0.29) is 0 Å². The van der Waals surface area contributed by atoms with Crippen LogP contribution in [0.4, 0.5) is 5.69 Å². The Hall–Kier alpha value is -2.20. The van der Waals surface area contributed by atoms with Crippen molar-refractivity contribution in [1.82, 2.24) is 0 Å². The molecule has 18 heavy (non-hydrogen) atoms. The quantitative estimate of drug-likeness (QED) is 0.663. The summed E-state index contributed by atoms with van der Waals surface area (Å²) in [5.74, 6) is 6.55. The number of fused-ring (bicyclic) bond motifs is 1. The highest BCUT2D eigenvalue weighted by atomic mass is 15.2. The second-order valence-corrected chi connectivity index (χ2v) is 4.64. The minimum atomic E-state index is 1.03. The van der Waals surface area contributed by atoms with Gasteiger partial charge in [-0.2, -0.15) is 0 Å². The van der Waals surface area contributed by atoms with Gasteiger partial charge in [-0.25, -0.2) is 0 Å². The van der Waals surface area contributed by atoms with Crippen molar-refractivity contribution in [2.45, 2.75) is 19.8 Å². The molecule has 1 heterocycles. The molecule has 1 aromatic rings. The Morgan fingerprint density at radius 3 is 2.94 bits per heavy atom. The number of hydrogen-bond acceptors (Lipinski definition) is 1. The first-order valence-corrected chi connectivity index (χ1v) is 6.24. The van der Waals surface area contributed by atoms with E-state index in [1.165, 1.54) is 5.70 Å². The fourth-order valence-electron chi connectivity index (χ4n) is 2.49. The van der Waals surface area contributed by atoms with Crippen LogP contribution in [-0.4, -0.2) is 0 Å². The highest BCUT2D eigenvalue weighted by molar-refractivity contribution is 5.72. The SMILES string of the molecule is C=C(C)N1C2=C(C#Cc3ccccc31)C=CCC2. The third-order valence-corrected chi connectivity index (χ3v) is 3.27. The molecule has 0 atom stereocenters. The average molecular weight is 233 g/mol. The van der Waals surface area contributed by atoms with Crippen LogP contribution in [0.25, 0.3) is 0 Å². The molecule has 1 nitrogen and oxygen atoms in total. The molecule has 0 unspecified atom stereocenters. The van der Waals surface area contributed by atoms with E-state index in [2.05, 4.69) is 53.7 Å². The molecule has 0 aromatic heterocycles. The Balaban J connectivity index is 2.25. The minimum absolute atomic E-state index is 1.03. The molecule has 0 fully saturated rings. The van der Waals surface area contributed by atoms with Gasteiger partial charge in [-0.15, -0.1) is 0 Å². The largest absolute Gasteiger partial charge is 0.316 e. The molecule has 88 valence electrons. The van der Waals surface area contributed by atoms with Crippen molar-refractivity contribution in [3.05, 3.63) is 65.5 Å². The summed E-state index contributed by atoms with van der Waals surface area (Å²) >= 11 is 0. The molecule has 0 N–H and O–H groups in total. The van der Waals surface area contributed by atoms with Gasteiger partial charge in [-0.05, 0) is 38.0 Å². The summed E-state index contributed by atoms with van der Waals surface area (Å²) in [5, 5.41) is 0. The normalized spacial score (nSPS) is 16.4. The lowest BCUT2D eigenvalue weighted by atomic mass is 10.0. The van der Waals surface area contributed by atoms with Crippen LogP contribution < -0.4 is 4.90 Å². The van der Waals surface area contributed by atoms with Crippen LogP contribution in [0.2, 0.25) is 0 Å². The smallest absolute Gasteiger partial charge is 0.0611 e. The molecule has 1 aliphatic carbocycles. The minimum Gasteiger partial charge on any atom is -0.316 e. The Morgan fingerprint density at radius 2 is 2.11 bits per heavy atom. The average Bonchev–Trinajstić information content (AvgIpc) is 2.55. The molecule has 0 saturated carbocycles. The van der Waals surface area contributed by atoms with E-state index in [4.69, 9.17) is 0 Å². The van der Waals surface area contributed by atoms with Crippen molar-refractivity contribution < 1.29 is 0 Å². The van der Waals surface area contributed by atoms with Gasteiger partial charge >= 0.3 is 0 Å². The van der Waals surface area contributed by atoms with Crippen molar-refractivity contribution in [2.24, 2.45) is 0 Å². The lowest BCUT2D eigenvalue weighted by Crippen LogP contribution is -2.22. The van der Waals surface area contributed by atoms with Crippen LogP contribution in [0.15, 0.2) is 60.0 Å². The first kappa shape index (κ1) is 10.9. The zero-order valence-corrected chi connectivity index (χ0v) is 10.5. The summed E-state index contributed by atoms with van der Waals surface area (Å²) in [5.41, 5.74) is 5.67. The number of benzene rings is 1. The fourth-order valence-corrected chi connectivity index (χ4v) is 2.49. The van der Waals surface area contributed by atoms with Crippen molar-refractivity contribution in [3.63, 3.8) is 0 Å². The standard InChI is InChI=1S/C17H15N/c1-13(2)18-16-9-5-3-7-14(16)11-12-15-8-4-6-10-17(15)18/h3-5,7-9H,1,6,10H2,2H3. The molecular formula is C17H15N. The molecular weight excluding hydrogens is 218 g/mol. The van der Waals surface area contributed by atoms with Crippen LogP contribution in [0.5, 0.6) is 0 Å². The fraction of sp³-hybridized carbons (Fsp3) is 0.176. The highest BCUT2D eigenvalue weighted by Gasteiger charge is 2.21. The van der Waals surface area contributed by atoms with Gasteiger partial charge in [0, 0.05) is 22.5 Å². The van der Waals surface area contributed by atoms with Crippen LogP contribution in [0.1, 0.15) is 25.3 Å². The third-order valence-electron chi connectivity index (χ3n) is 3.27. The van der Waals surface area contributed by atoms with E-state index in [0.29, 0.717) is 0 Å². The van der Waals surface area contributed by atoms with E-state index in [1.54, 1.807) is 0 Å². The highest BCUT2D eigenvalue weighted by Crippen LogP contribution is 2.34. The second kappa shape index (κ2) is 4.23. The number of anilines is 1. The number of para-hydroxylation sites is 1. The van der Waals surface area contributed by atoms with Gasteiger partial charge in [-0.3, -0.25) is 0 Å². The molecule has 0 spiro atoms. The van der Waals surface area contributed by atoms with E-state index in [0.717, 1.165) is 35.4 Å². The van der Waals surface area contributed by atoms with E-state index >= 15 is 0 Å². The van der Waals surface area contributed by atoms with E-state index < -0.39 is 0 Å². The number of hydrogen-bond donors (Lipinski definition) is 0. The first-order chi connectivity index (χ1) is 8.77. The summed E-state index contributed by atoms with van der Waals surface area (Å²) in [6.07, 6.45) is 6.43. The maximum atomic E-state index is 4.12. The van der Waals surface area contributed by atoms with Crippen molar-refractivity contribution in [3.8, 4) is 11.8 Å². The molecule has 2 aliphatic rings. The summed E-state index contributed by atoms with van der Waals surface area (Å²) in [6, 6.07) is 8.28. The van der Waals surface area contributed by atoms with Crippen molar-refractivity contribution in [1.29, 1.82) is 0 Å². The predicted molar refractivity (Wildman–Crippen MR) is 76.0 cm³/mol. The molecule has 1 heteroatoms. The Morgan fingerprint density at radius 1 is 1.28 bits per heavy atom. The zero-order chi connectivity index (χ0) is 12.5. The van der Waals surface area contributed by atoms with Gasteiger partial charge < -0.3 is 4.90 Å². The molecule has 1 aliphatic heterocycles. The maximum Gasteiger partial charge on any atom is 0.0611 e. The molecule has 3 rings (SSSR count). The molecule has 0 amide bonds. The third kappa shape index (κ3) is 1.67. The van der Waals surface area contributed by atoms with Crippen LogP contribution >= 0.6 is 0 Å². The van der Waals surface area contributed by atoms with Crippen molar-refractivity contribution in [2.75, 3.05) is 4.90 Å². The number of nitrogens with zero attached hydrogens (tertiary/aromatic N) is 1. The summed E-state index contributed by atoms with van der Waals surface area (Å²) in [7, 11) is 0. The first-order valence-electron chi connectivity index (χ1n) is 6.24. The summed E-state index contributed by atoms with van der Waals surface area (Å²) in [4.78, 5) is 2.24. The topological polar surface area (TPSA) is 3.24 Å². The second-order valence-electron chi connectivity index (χ2n) is 4.64. The van der Waals surface area contributed by atoms with Crippen molar-refractivity contribution >= 4 is 5.69 Å². The van der Waals surface area contributed by atoms with Gasteiger partial charge in [0.2, 0.25) is 0 Å². The monoisotopic (exact) mass is 233 g/mol. The number of rotatable bonds is 1. The van der Waals surface area contributed by atoms with Gasteiger partial charge in [0.1, 0.15) is 0 Å². The van der Waals surface area contributed by atoms with Gasteiger partial charge in [0.25, 0.3) is 0 Å². The van der Waals surface area contributed by atoms with Gasteiger partial charge in [0.05, 0.1) is 5.69 Å². The summed E-state index contributed by atoms with van der Waals surface area (Å²) in [6.45, 7) is 6.17. The van der Waals surface area contributed by atoms with Crippen LogP contribution in [-0.2, 0) is 0 Å². The predicted octanol–water partition coefficient (Wildman–Crippen LogP) is 4.00. The summed E-state index contributed by atoms with van der Waals surface area (Å²) < 4.78 is 0. The van der Waals surface area contributed by atoms with Gasteiger partial charge in [0.15, 0.2) is 0 Å².